The highest BCUT2D eigenvalue weighted by Crippen LogP contribution is 2.25. The minimum atomic E-state index is -0.209. The number of thiazole rings is 1. The van der Waals surface area contributed by atoms with Gasteiger partial charge in [0.2, 0.25) is 0 Å². The van der Waals surface area contributed by atoms with E-state index in [2.05, 4.69) is 17.2 Å². The minimum Gasteiger partial charge on any atom is -0.494 e. The van der Waals surface area contributed by atoms with Crippen molar-refractivity contribution < 1.29 is 14.6 Å². The van der Waals surface area contributed by atoms with Crippen LogP contribution in [0, 0.1) is 0 Å². The van der Waals surface area contributed by atoms with E-state index < -0.39 is 0 Å². The number of hydrogen-bond acceptors (Lipinski definition) is 5. The predicted octanol–water partition coefficient (Wildman–Crippen LogP) is 2.71. The van der Waals surface area contributed by atoms with Crippen molar-refractivity contribution in [3.05, 3.63) is 35.3 Å². The van der Waals surface area contributed by atoms with Crippen LogP contribution in [0.2, 0.25) is 0 Å². The third kappa shape index (κ3) is 4.54. The molecule has 0 spiro atoms. The Balaban J connectivity index is 1.99. The van der Waals surface area contributed by atoms with E-state index in [4.69, 9.17) is 9.84 Å². The van der Waals surface area contributed by atoms with Gasteiger partial charge in [0.1, 0.15) is 16.5 Å². The molecular weight excluding hydrogens is 300 g/mol. The molecule has 0 unspecified atom stereocenters. The van der Waals surface area contributed by atoms with E-state index in [1.807, 2.05) is 24.3 Å². The number of aliphatic hydroxyl groups is 1. The molecule has 118 valence electrons. The number of amides is 1. The van der Waals surface area contributed by atoms with Crippen LogP contribution in [0.1, 0.15) is 30.3 Å². The van der Waals surface area contributed by atoms with Gasteiger partial charge in [-0.3, -0.25) is 4.79 Å². The zero-order valence-electron chi connectivity index (χ0n) is 12.5. The van der Waals surface area contributed by atoms with Crippen molar-refractivity contribution in [3.63, 3.8) is 0 Å². The molecule has 0 aliphatic heterocycles. The maximum atomic E-state index is 11.9. The summed E-state index contributed by atoms with van der Waals surface area (Å²) in [6, 6.07) is 7.70. The number of rotatable bonds is 8. The number of aliphatic hydroxyl groups excluding tert-OH is 1. The lowest BCUT2D eigenvalue weighted by atomic mass is 10.2. The average Bonchev–Trinajstić information content (AvgIpc) is 3.03. The second kappa shape index (κ2) is 8.51. The van der Waals surface area contributed by atoms with Crippen LogP contribution in [0.25, 0.3) is 10.6 Å². The first-order valence-corrected chi connectivity index (χ1v) is 8.20. The largest absolute Gasteiger partial charge is 0.494 e. The summed E-state index contributed by atoms with van der Waals surface area (Å²) in [5.74, 6) is 0.628. The second-order valence-corrected chi connectivity index (χ2v) is 5.60. The quantitative estimate of drug-likeness (QED) is 0.734. The molecule has 0 bridgehead atoms. The third-order valence-corrected chi connectivity index (χ3v) is 3.82. The lowest BCUT2D eigenvalue weighted by Gasteiger charge is -2.04. The van der Waals surface area contributed by atoms with Crippen LogP contribution in [-0.2, 0) is 0 Å². The molecule has 0 saturated carbocycles. The van der Waals surface area contributed by atoms with Gasteiger partial charge < -0.3 is 15.2 Å². The first kappa shape index (κ1) is 16.5. The van der Waals surface area contributed by atoms with Gasteiger partial charge in [-0.15, -0.1) is 11.3 Å². The molecule has 2 rings (SSSR count). The van der Waals surface area contributed by atoms with Crippen LogP contribution in [0.4, 0.5) is 0 Å². The molecule has 0 aliphatic rings. The first-order valence-electron chi connectivity index (χ1n) is 7.32. The van der Waals surface area contributed by atoms with Gasteiger partial charge in [0, 0.05) is 24.1 Å². The van der Waals surface area contributed by atoms with Crippen LogP contribution in [0.15, 0.2) is 29.6 Å². The fraction of sp³-hybridized carbons (Fsp3) is 0.375. The van der Waals surface area contributed by atoms with Crippen molar-refractivity contribution in [3.8, 4) is 16.3 Å². The first-order chi connectivity index (χ1) is 10.7. The normalized spacial score (nSPS) is 10.5. The van der Waals surface area contributed by atoms with Crippen molar-refractivity contribution in [1.29, 1.82) is 0 Å². The second-order valence-electron chi connectivity index (χ2n) is 4.74. The smallest absolute Gasteiger partial charge is 0.270 e. The van der Waals surface area contributed by atoms with Gasteiger partial charge in [-0.2, -0.15) is 0 Å². The summed E-state index contributed by atoms with van der Waals surface area (Å²) >= 11 is 1.43. The van der Waals surface area contributed by atoms with Crippen LogP contribution < -0.4 is 10.1 Å². The van der Waals surface area contributed by atoms with E-state index in [0.29, 0.717) is 25.3 Å². The number of nitrogens with one attached hydrogen (secondary N) is 1. The minimum absolute atomic E-state index is 0.0645. The highest BCUT2D eigenvalue weighted by atomic mass is 32.1. The van der Waals surface area contributed by atoms with E-state index in [0.717, 1.165) is 22.7 Å². The van der Waals surface area contributed by atoms with E-state index in [9.17, 15) is 4.79 Å². The molecule has 0 radical (unpaired) electrons. The lowest BCUT2D eigenvalue weighted by Crippen LogP contribution is -2.25. The van der Waals surface area contributed by atoms with E-state index in [-0.39, 0.29) is 12.5 Å². The molecule has 1 heterocycles. The summed E-state index contributed by atoms with van der Waals surface area (Å²) in [5.41, 5.74) is 1.37. The van der Waals surface area contributed by atoms with E-state index in [1.165, 1.54) is 11.3 Å². The number of nitrogens with zero attached hydrogens (tertiary/aromatic N) is 1. The Morgan fingerprint density at radius 2 is 2.14 bits per heavy atom. The van der Waals surface area contributed by atoms with Gasteiger partial charge in [-0.1, -0.05) is 6.92 Å². The van der Waals surface area contributed by atoms with Crippen molar-refractivity contribution in [2.45, 2.75) is 19.8 Å². The van der Waals surface area contributed by atoms with Crippen molar-refractivity contribution in [1.82, 2.24) is 10.3 Å². The number of aromatic nitrogens is 1. The lowest BCUT2D eigenvalue weighted by molar-refractivity contribution is 0.0947. The van der Waals surface area contributed by atoms with Crippen molar-refractivity contribution >= 4 is 17.2 Å². The maximum Gasteiger partial charge on any atom is 0.270 e. The van der Waals surface area contributed by atoms with E-state index in [1.54, 1.807) is 5.38 Å². The van der Waals surface area contributed by atoms with Crippen LogP contribution in [0.3, 0.4) is 0 Å². The molecular formula is C16H20N2O3S. The number of hydrogen-bond donors (Lipinski definition) is 2. The summed E-state index contributed by atoms with van der Waals surface area (Å²) in [6.45, 7) is 3.28. The molecule has 5 nitrogen and oxygen atoms in total. The molecule has 2 N–H and O–H groups in total. The summed E-state index contributed by atoms with van der Waals surface area (Å²) < 4.78 is 5.54. The van der Waals surface area contributed by atoms with E-state index >= 15 is 0 Å². The highest BCUT2D eigenvalue weighted by Gasteiger charge is 2.11. The SMILES string of the molecule is CCCOc1ccc(-c2nc(C(=O)NCCCO)cs2)cc1. The Kier molecular flexibility index (Phi) is 6.36. The highest BCUT2D eigenvalue weighted by molar-refractivity contribution is 7.13. The molecule has 0 fully saturated rings. The summed E-state index contributed by atoms with van der Waals surface area (Å²) in [7, 11) is 0. The summed E-state index contributed by atoms with van der Waals surface area (Å²) in [4.78, 5) is 16.2. The monoisotopic (exact) mass is 320 g/mol. The molecule has 0 aliphatic carbocycles. The Bertz CT molecular complexity index is 596. The summed E-state index contributed by atoms with van der Waals surface area (Å²) in [5, 5.41) is 14.0. The fourth-order valence-corrected chi connectivity index (χ4v) is 2.60. The van der Waals surface area contributed by atoms with Gasteiger partial charge in [-0.25, -0.2) is 4.98 Å². The number of carbonyl (C=O) groups excluding carboxylic acids is 1. The predicted molar refractivity (Wildman–Crippen MR) is 87.4 cm³/mol. The third-order valence-electron chi connectivity index (χ3n) is 2.93. The van der Waals surface area contributed by atoms with Crippen LogP contribution >= 0.6 is 11.3 Å². The molecule has 1 aromatic heterocycles. The Morgan fingerprint density at radius 1 is 1.36 bits per heavy atom. The average molecular weight is 320 g/mol. The molecule has 1 amide bonds. The van der Waals surface area contributed by atoms with Crippen LogP contribution in [-0.4, -0.2) is 35.8 Å². The topological polar surface area (TPSA) is 71.5 Å². The molecule has 6 heteroatoms. The standard InChI is InChI=1S/C16H20N2O3S/c1-2-10-21-13-6-4-12(5-7-13)16-18-14(11-22-16)15(20)17-8-3-9-19/h4-7,11,19H,2-3,8-10H2,1H3,(H,17,20). The Morgan fingerprint density at radius 3 is 2.82 bits per heavy atom. The number of ether oxygens (including phenoxy) is 1. The van der Waals surface area contributed by atoms with Gasteiger partial charge >= 0.3 is 0 Å². The van der Waals surface area contributed by atoms with Gasteiger partial charge in [0.15, 0.2) is 0 Å². The Hall–Kier alpha value is -1.92. The Labute approximate surface area is 134 Å². The molecule has 22 heavy (non-hydrogen) atoms. The number of carbonyl (C=O) groups is 1. The molecule has 1 aromatic carbocycles. The van der Waals surface area contributed by atoms with Crippen LogP contribution in [0.5, 0.6) is 5.75 Å². The summed E-state index contributed by atoms with van der Waals surface area (Å²) in [6.07, 6.45) is 1.52. The van der Waals surface area contributed by atoms with Crippen molar-refractivity contribution in [2.24, 2.45) is 0 Å². The van der Waals surface area contributed by atoms with Gasteiger partial charge in [0.05, 0.1) is 6.61 Å². The van der Waals surface area contributed by atoms with Gasteiger partial charge in [0.25, 0.3) is 5.91 Å². The number of benzene rings is 1. The van der Waals surface area contributed by atoms with Crippen molar-refractivity contribution in [2.75, 3.05) is 19.8 Å². The molecule has 0 atom stereocenters. The zero-order valence-corrected chi connectivity index (χ0v) is 13.4. The molecule has 2 aromatic rings. The maximum absolute atomic E-state index is 11.9. The zero-order chi connectivity index (χ0) is 15.8. The molecule has 0 saturated heterocycles. The van der Waals surface area contributed by atoms with Gasteiger partial charge in [-0.05, 0) is 37.1 Å². The fourth-order valence-electron chi connectivity index (χ4n) is 1.80.